The highest BCUT2D eigenvalue weighted by atomic mass is 35.5. The lowest BCUT2D eigenvalue weighted by atomic mass is 10.2. The standard InChI is InChI=1S/C14H10ClF2NOS/c15-11-5-8(14(18)20)2-4-13(11)19-7-9-1-3-10(16)6-12(9)17/h1-6H,7H2,(H2,18,20). The Balaban J connectivity index is 2.13. The van der Waals surface area contributed by atoms with Crippen molar-refractivity contribution in [3.05, 3.63) is 64.2 Å². The zero-order valence-corrected chi connectivity index (χ0v) is 11.8. The van der Waals surface area contributed by atoms with E-state index in [1.54, 1.807) is 18.2 Å². The fraction of sp³-hybridized carbons (Fsp3) is 0.0714. The Kier molecular flexibility index (Phi) is 4.52. The maximum Gasteiger partial charge on any atom is 0.138 e. The van der Waals surface area contributed by atoms with Gasteiger partial charge in [0.1, 0.15) is 29.0 Å². The van der Waals surface area contributed by atoms with E-state index >= 15 is 0 Å². The van der Waals surface area contributed by atoms with Crippen LogP contribution < -0.4 is 10.5 Å². The number of ether oxygens (including phenoxy) is 1. The number of hydrogen-bond acceptors (Lipinski definition) is 2. The summed E-state index contributed by atoms with van der Waals surface area (Å²) < 4.78 is 31.6. The molecular weight excluding hydrogens is 304 g/mol. The van der Waals surface area contributed by atoms with E-state index in [1.165, 1.54) is 12.1 Å². The van der Waals surface area contributed by atoms with Gasteiger partial charge in [0.2, 0.25) is 0 Å². The summed E-state index contributed by atoms with van der Waals surface area (Å²) in [7, 11) is 0. The van der Waals surface area contributed by atoms with Crippen molar-refractivity contribution < 1.29 is 13.5 Å². The minimum Gasteiger partial charge on any atom is -0.487 e. The third kappa shape index (κ3) is 3.43. The third-order valence-electron chi connectivity index (χ3n) is 2.61. The van der Waals surface area contributed by atoms with Gasteiger partial charge in [0.25, 0.3) is 0 Å². The van der Waals surface area contributed by atoms with Crippen LogP contribution in [0.4, 0.5) is 8.78 Å². The molecular formula is C14H10ClF2NOS. The maximum absolute atomic E-state index is 13.4. The van der Waals surface area contributed by atoms with Gasteiger partial charge in [0.15, 0.2) is 0 Å². The Labute approximate surface area is 125 Å². The van der Waals surface area contributed by atoms with Crippen LogP contribution in [0.1, 0.15) is 11.1 Å². The molecule has 2 N–H and O–H groups in total. The molecule has 2 aromatic rings. The van der Waals surface area contributed by atoms with Crippen LogP contribution in [0.5, 0.6) is 5.75 Å². The molecule has 0 aliphatic rings. The van der Waals surface area contributed by atoms with E-state index in [0.717, 1.165) is 6.07 Å². The molecule has 0 spiro atoms. The van der Waals surface area contributed by atoms with Gasteiger partial charge >= 0.3 is 0 Å². The third-order valence-corrected chi connectivity index (χ3v) is 3.15. The van der Waals surface area contributed by atoms with Crippen molar-refractivity contribution >= 4 is 28.8 Å². The van der Waals surface area contributed by atoms with Crippen molar-refractivity contribution in [2.45, 2.75) is 6.61 Å². The predicted octanol–water partition coefficient (Wildman–Crippen LogP) is 3.83. The lowest BCUT2D eigenvalue weighted by Gasteiger charge is -2.10. The first kappa shape index (κ1) is 14.7. The number of nitrogens with two attached hydrogens (primary N) is 1. The number of benzene rings is 2. The van der Waals surface area contributed by atoms with E-state index in [2.05, 4.69) is 0 Å². The normalized spacial score (nSPS) is 10.3. The van der Waals surface area contributed by atoms with Gasteiger partial charge in [-0.2, -0.15) is 0 Å². The first-order valence-electron chi connectivity index (χ1n) is 5.63. The molecule has 0 atom stereocenters. The van der Waals surface area contributed by atoms with Gasteiger partial charge < -0.3 is 10.5 Å². The Morgan fingerprint density at radius 2 is 1.95 bits per heavy atom. The SMILES string of the molecule is NC(=S)c1ccc(OCc2ccc(F)cc2F)c(Cl)c1. The monoisotopic (exact) mass is 313 g/mol. The van der Waals surface area contributed by atoms with Crippen molar-refractivity contribution in [1.29, 1.82) is 0 Å². The van der Waals surface area contributed by atoms with Gasteiger partial charge in [-0.3, -0.25) is 0 Å². The van der Waals surface area contributed by atoms with Crippen LogP contribution in [0.25, 0.3) is 0 Å². The van der Waals surface area contributed by atoms with E-state index in [-0.39, 0.29) is 17.2 Å². The van der Waals surface area contributed by atoms with E-state index in [1.807, 2.05) is 0 Å². The van der Waals surface area contributed by atoms with Gasteiger partial charge in [-0.25, -0.2) is 8.78 Å². The summed E-state index contributed by atoms with van der Waals surface area (Å²) in [6, 6.07) is 8.11. The molecule has 104 valence electrons. The van der Waals surface area contributed by atoms with Gasteiger partial charge in [0, 0.05) is 17.2 Å². The fourth-order valence-electron chi connectivity index (χ4n) is 1.57. The topological polar surface area (TPSA) is 35.2 Å². The van der Waals surface area contributed by atoms with Crippen LogP contribution >= 0.6 is 23.8 Å². The fourth-order valence-corrected chi connectivity index (χ4v) is 1.93. The second-order valence-corrected chi connectivity index (χ2v) is 4.88. The average Bonchev–Trinajstić information content (AvgIpc) is 2.38. The van der Waals surface area contributed by atoms with E-state index in [0.29, 0.717) is 16.3 Å². The summed E-state index contributed by atoms with van der Waals surface area (Å²) in [5.41, 5.74) is 6.33. The molecule has 0 aromatic heterocycles. The second kappa shape index (κ2) is 6.15. The van der Waals surface area contributed by atoms with Gasteiger partial charge in [-0.15, -0.1) is 0 Å². The van der Waals surface area contributed by atoms with E-state index < -0.39 is 11.6 Å². The molecule has 2 nitrogen and oxygen atoms in total. The van der Waals surface area contributed by atoms with Crippen LogP contribution in [0.2, 0.25) is 5.02 Å². The molecule has 0 radical (unpaired) electrons. The predicted molar refractivity (Wildman–Crippen MR) is 78.0 cm³/mol. The van der Waals surface area contributed by atoms with Crippen molar-refractivity contribution in [2.75, 3.05) is 0 Å². The van der Waals surface area contributed by atoms with E-state index in [4.69, 9.17) is 34.3 Å². The molecule has 2 rings (SSSR count). The zero-order valence-electron chi connectivity index (χ0n) is 10.2. The van der Waals surface area contributed by atoms with Crippen molar-refractivity contribution in [3.8, 4) is 5.75 Å². The molecule has 2 aromatic carbocycles. The number of thiocarbonyl (C=S) groups is 1. The molecule has 0 fully saturated rings. The Hall–Kier alpha value is -1.72. The van der Waals surface area contributed by atoms with E-state index in [9.17, 15) is 8.78 Å². The highest BCUT2D eigenvalue weighted by Gasteiger charge is 2.08. The van der Waals surface area contributed by atoms with Crippen molar-refractivity contribution in [2.24, 2.45) is 5.73 Å². The smallest absolute Gasteiger partial charge is 0.138 e. The van der Waals surface area contributed by atoms with Crippen LogP contribution in [-0.2, 0) is 6.61 Å². The summed E-state index contributed by atoms with van der Waals surface area (Å²) in [6.45, 7) is -0.0573. The zero-order chi connectivity index (χ0) is 14.7. The maximum atomic E-state index is 13.4. The number of rotatable bonds is 4. The van der Waals surface area contributed by atoms with Crippen molar-refractivity contribution in [1.82, 2.24) is 0 Å². The first-order valence-corrected chi connectivity index (χ1v) is 6.42. The molecule has 0 saturated heterocycles. The van der Waals surface area contributed by atoms with Crippen LogP contribution in [0.3, 0.4) is 0 Å². The second-order valence-electron chi connectivity index (χ2n) is 4.03. The number of halogens is 3. The number of hydrogen-bond donors (Lipinski definition) is 1. The van der Waals surface area contributed by atoms with Gasteiger partial charge in [-0.1, -0.05) is 23.8 Å². The van der Waals surface area contributed by atoms with Crippen molar-refractivity contribution in [3.63, 3.8) is 0 Å². The van der Waals surface area contributed by atoms with Gasteiger partial charge in [-0.05, 0) is 30.3 Å². The summed E-state index contributed by atoms with van der Waals surface area (Å²) in [4.78, 5) is 0.225. The molecule has 20 heavy (non-hydrogen) atoms. The molecule has 0 aliphatic heterocycles. The Morgan fingerprint density at radius 1 is 1.20 bits per heavy atom. The highest BCUT2D eigenvalue weighted by molar-refractivity contribution is 7.80. The largest absolute Gasteiger partial charge is 0.487 e. The minimum atomic E-state index is -0.666. The lowest BCUT2D eigenvalue weighted by Crippen LogP contribution is -2.09. The van der Waals surface area contributed by atoms with Crippen LogP contribution in [0.15, 0.2) is 36.4 Å². The Bertz CT molecular complexity index is 664. The molecule has 0 amide bonds. The first-order chi connectivity index (χ1) is 9.47. The lowest BCUT2D eigenvalue weighted by molar-refractivity contribution is 0.299. The summed E-state index contributed by atoms with van der Waals surface area (Å²) in [5, 5.41) is 0.317. The highest BCUT2D eigenvalue weighted by Crippen LogP contribution is 2.26. The molecule has 0 aliphatic carbocycles. The van der Waals surface area contributed by atoms with Crippen LogP contribution in [-0.4, -0.2) is 4.99 Å². The quantitative estimate of drug-likeness (QED) is 0.871. The molecule has 0 bridgehead atoms. The Morgan fingerprint density at radius 3 is 2.55 bits per heavy atom. The summed E-state index contributed by atoms with van der Waals surface area (Å²) in [5.74, 6) is -0.929. The molecule has 0 heterocycles. The minimum absolute atomic E-state index is 0.0573. The molecule has 0 unspecified atom stereocenters. The summed E-state index contributed by atoms with van der Waals surface area (Å²) >= 11 is 10.8. The molecule has 6 heteroatoms. The average molecular weight is 314 g/mol. The van der Waals surface area contributed by atoms with Gasteiger partial charge in [0.05, 0.1) is 5.02 Å². The summed E-state index contributed by atoms with van der Waals surface area (Å²) in [6.07, 6.45) is 0. The van der Waals surface area contributed by atoms with Crippen LogP contribution in [0, 0.1) is 11.6 Å². The molecule has 0 saturated carbocycles.